The average Bonchev–Trinajstić information content (AvgIpc) is 1.87. The van der Waals surface area contributed by atoms with Crippen molar-refractivity contribution >= 4 is 0 Å². The lowest BCUT2D eigenvalue weighted by atomic mass is 10.1. The van der Waals surface area contributed by atoms with Crippen molar-refractivity contribution in [2.45, 2.75) is 26.4 Å². The summed E-state index contributed by atoms with van der Waals surface area (Å²) in [5.41, 5.74) is 0. The van der Waals surface area contributed by atoms with Crippen molar-refractivity contribution in [1.29, 1.82) is 0 Å². The van der Waals surface area contributed by atoms with Crippen LogP contribution in [-0.2, 0) is 0 Å². The SMILES string of the molecule is CC(CCO)CNC[C@@H](C)O. The van der Waals surface area contributed by atoms with Crippen molar-refractivity contribution in [3.8, 4) is 0 Å². The molecule has 0 aliphatic carbocycles. The minimum Gasteiger partial charge on any atom is -0.396 e. The molecule has 11 heavy (non-hydrogen) atoms. The van der Waals surface area contributed by atoms with Crippen LogP contribution in [0.25, 0.3) is 0 Å². The van der Waals surface area contributed by atoms with Crippen LogP contribution in [0.15, 0.2) is 0 Å². The molecule has 0 aliphatic heterocycles. The Hall–Kier alpha value is -0.120. The van der Waals surface area contributed by atoms with Gasteiger partial charge in [-0.2, -0.15) is 0 Å². The van der Waals surface area contributed by atoms with E-state index in [1.54, 1.807) is 6.92 Å². The Bertz CT molecular complexity index is 86.2. The summed E-state index contributed by atoms with van der Waals surface area (Å²) in [4.78, 5) is 0. The highest BCUT2D eigenvalue weighted by atomic mass is 16.3. The first-order chi connectivity index (χ1) is 5.16. The molecule has 0 aromatic rings. The van der Waals surface area contributed by atoms with E-state index >= 15 is 0 Å². The van der Waals surface area contributed by atoms with Gasteiger partial charge in [0.25, 0.3) is 0 Å². The maximum absolute atomic E-state index is 8.88. The topological polar surface area (TPSA) is 52.5 Å². The summed E-state index contributed by atoms with van der Waals surface area (Å²) < 4.78 is 0. The van der Waals surface area contributed by atoms with E-state index in [2.05, 4.69) is 12.2 Å². The summed E-state index contributed by atoms with van der Waals surface area (Å²) in [6, 6.07) is 0. The molecule has 0 fully saturated rings. The number of aliphatic hydroxyl groups excluding tert-OH is 2. The second-order valence-corrected chi connectivity index (χ2v) is 3.12. The van der Waals surface area contributed by atoms with Crippen LogP contribution in [0.3, 0.4) is 0 Å². The van der Waals surface area contributed by atoms with E-state index < -0.39 is 0 Å². The number of rotatable bonds is 6. The molecule has 0 heterocycles. The highest BCUT2D eigenvalue weighted by Crippen LogP contribution is 1.97. The fourth-order valence-electron chi connectivity index (χ4n) is 0.861. The van der Waals surface area contributed by atoms with Crippen LogP contribution in [0.4, 0.5) is 0 Å². The minimum absolute atomic E-state index is 0.248. The summed E-state index contributed by atoms with van der Waals surface area (Å²) in [7, 11) is 0. The molecule has 0 aromatic heterocycles. The molecule has 0 saturated heterocycles. The first kappa shape index (κ1) is 10.9. The monoisotopic (exact) mass is 161 g/mol. The maximum Gasteiger partial charge on any atom is 0.0636 e. The fourth-order valence-corrected chi connectivity index (χ4v) is 0.861. The van der Waals surface area contributed by atoms with E-state index in [4.69, 9.17) is 10.2 Å². The highest BCUT2D eigenvalue weighted by molar-refractivity contribution is 4.58. The molecule has 3 heteroatoms. The zero-order chi connectivity index (χ0) is 8.69. The van der Waals surface area contributed by atoms with Crippen LogP contribution < -0.4 is 5.32 Å². The van der Waals surface area contributed by atoms with Crippen molar-refractivity contribution in [1.82, 2.24) is 5.32 Å². The Morgan fingerprint density at radius 2 is 1.91 bits per heavy atom. The minimum atomic E-state index is -0.281. The summed E-state index contributed by atoms with van der Waals surface area (Å²) in [5, 5.41) is 20.6. The molecule has 3 nitrogen and oxygen atoms in total. The quantitative estimate of drug-likeness (QED) is 0.513. The van der Waals surface area contributed by atoms with Gasteiger partial charge in [-0.1, -0.05) is 6.92 Å². The van der Waals surface area contributed by atoms with Crippen LogP contribution in [0.5, 0.6) is 0 Å². The van der Waals surface area contributed by atoms with Crippen LogP contribution >= 0.6 is 0 Å². The molecule has 0 rings (SSSR count). The third kappa shape index (κ3) is 7.78. The van der Waals surface area contributed by atoms with Gasteiger partial charge >= 0.3 is 0 Å². The predicted octanol–water partition coefficient (Wildman–Crippen LogP) is -0.0247. The Labute approximate surface area is 68.4 Å². The third-order valence-electron chi connectivity index (χ3n) is 1.55. The summed E-state index contributed by atoms with van der Waals surface area (Å²) in [6.45, 7) is 5.58. The number of hydrogen-bond acceptors (Lipinski definition) is 3. The van der Waals surface area contributed by atoms with E-state index in [1.165, 1.54) is 0 Å². The van der Waals surface area contributed by atoms with Gasteiger partial charge in [0.2, 0.25) is 0 Å². The molecular weight excluding hydrogens is 142 g/mol. The zero-order valence-corrected chi connectivity index (χ0v) is 7.38. The molecule has 0 radical (unpaired) electrons. The van der Waals surface area contributed by atoms with Crippen molar-refractivity contribution in [2.24, 2.45) is 5.92 Å². The van der Waals surface area contributed by atoms with Gasteiger partial charge in [-0.25, -0.2) is 0 Å². The first-order valence-electron chi connectivity index (χ1n) is 4.16. The highest BCUT2D eigenvalue weighted by Gasteiger charge is 2.00. The van der Waals surface area contributed by atoms with Gasteiger partial charge in [0, 0.05) is 13.2 Å². The third-order valence-corrected chi connectivity index (χ3v) is 1.55. The molecule has 0 aliphatic rings. The van der Waals surface area contributed by atoms with Crippen LogP contribution in [0.1, 0.15) is 20.3 Å². The molecule has 3 N–H and O–H groups in total. The molecule has 0 bridgehead atoms. The zero-order valence-electron chi connectivity index (χ0n) is 7.38. The van der Waals surface area contributed by atoms with Crippen LogP contribution in [0.2, 0.25) is 0 Å². The van der Waals surface area contributed by atoms with Gasteiger partial charge in [-0.15, -0.1) is 0 Å². The lowest BCUT2D eigenvalue weighted by Crippen LogP contribution is -2.28. The Kier molecular flexibility index (Phi) is 6.51. The van der Waals surface area contributed by atoms with E-state index in [0.29, 0.717) is 12.5 Å². The van der Waals surface area contributed by atoms with Gasteiger partial charge in [0.15, 0.2) is 0 Å². The summed E-state index contributed by atoms with van der Waals surface area (Å²) >= 11 is 0. The standard InChI is InChI=1S/C8H19NO2/c1-7(3-4-10)5-9-6-8(2)11/h7-11H,3-6H2,1-2H3/t7?,8-/m1/s1. The van der Waals surface area contributed by atoms with E-state index in [0.717, 1.165) is 13.0 Å². The molecular formula is C8H19NO2. The lowest BCUT2D eigenvalue weighted by molar-refractivity contribution is 0.187. The smallest absolute Gasteiger partial charge is 0.0636 e. The molecule has 0 amide bonds. The first-order valence-corrected chi connectivity index (χ1v) is 4.16. The normalized spacial score (nSPS) is 16.4. The van der Waals surface area contributed by atoms with Gasteiger partial charge in [0.1, 0.15) is 0 Å². The number of aliphatic hydroxyl groups is 2. The van der Waals surface area contributed by atoms with Crippen molar-refractivity contribution in [3.05, 3.63) is 0 Å². The molecule has 1 unspecified atom stereocenters. The number of hydrogen-bond donors (Lipinski definition) is 3. The van der Waals surface area contributed by atoms with Crippen molar-refractivity contribution in [3.63, 3.8) is 0 Å². The predicted molar refractivity (Wildman–Crippen MR) is 45.4 cm³/mol. The van der Waals surface area contributed by atoms with E-state index in [-0.39, 0.29) is 12.7 Å². The number of nitrogens with one attached hydrogen (secondary N) is 1. The lowest BCUT2D eigenvalue weighted by Gasteiger charge is -2.11. The molecule has 0 saturated carbocycles. The van der Waals surface area contributed by atoms with Crippen LogP contribution in [-0.4, -0.2) is 36.0 Å². The maximum atomic E-state index is 8.88. The van der Waals surface area contributed by atoms with Gasteiger partial charge in [0.05, 0.1) is 6.10 Å². The average molecular weight is 161 g/mol. The van der Waals surface area contributed by atoms with Gasteiger partial charge in [-0.05, 0) is 25.8 Å². The van der Waals surface area contributed by atoms with Crippen molar-refractivity contribution in [2.75, 3.05) is 19.7 Å². The Morgan fingerprint density at radius 1 is 1.27 bits per heavy atom. The molecule has 0 aromatic carbocycles. The Morgan fingerprint density at radius 3 is 2.36 bits per heavy atom. The fraction of sp³-hybridized carbons (Fsp3) is 1.00. The Balaban J connectivity index is 3.10. The molecule has 68 valence electrons. The molecule has 2 atom stereocenters. The van der Waals surface area contributed by atoms with Crippen LogP contribution in [0, 0.1) is 5.92 Å². The van der Waals surface area contributed by atoms with Crippen molar-refractivity contribution < 1.29 is 10.2 Å². The van der Waals surface area contributed by atoms with Gasteiger partial charge in [-0.3, -0.25) is 0 Å². The van der Waals surface area contributed by atoms with Gasteiger partial charge < -0.3 is 15.5 Å². The van der Waals surface area contributed by atoms with E-state index in [1.807, 2.05) is 0 Å². The summed E-state index contributed by atoms with van der Waals surface area (Å²) in [6.07, 6.45) is 0.545. The second-order valence-electron chi connectivity index (χ2n) is 3.12. The second kappa shape index (κ2) is 6.58. The summed E-state index contributed by atoms with van der Waals surface area (Å²) in [5.74, 6) is 0.485. The van der Waals surface area contributed by atoms with E-state index in [9.17, 15) is 0 Å². The largest absolute Gasteiger partial charge is 0.396 e. The molecule has 0 spiro atoms.